The number of aryl methyl sites for hydroxylation is 1. The Morgan fingerprint density at radius 2 is 2.05 bits per heavy atom. The molecule has 0 unspecified atom stereocenters. The van der Waals surface area contributed by atoms with Crippen LogP contribution in [0.5, 0.6) is 0 Å². The summed E-state index contributed by atoms with van der Waals surface area (Å²) in [7, 11) is 0. The molecule has 2 nitrogen and oxygen atoms in total. The van der Waals surface area contributed by atoms with E-state index in [-0.39, 0.29) is 5.88 Å². The summed E-state index contributed by atoms with van der Waals surface area (Å²) in [6, 6.07) is 5.02. The maximum Gasteiger partial charge on any atom is 0.416 e. The van der Waals surface area contributed by atoms with Crippen molar-refractivity contribution in [2.75, 3.05) is 0 Å². The van der Waals surface area contributed by atoms with Crippen LogP contribution in [0.3, 0.4) is 0 Å². The molecule has 0 spiro atoms. The molecule has 1 aromatic heterocycles. The summed E-state index contributed by atoms with van der Waals surface area (Å²) in [5, 5.41) is 0. The third-order valence-electron chi connectivity index (χ3n) is 2.67. The standard InChI is InChI=1S/C14H11ClF3NO/c1-9-12(8-15)19-13(20-9)6-5-10-3-2-4-11(7-10)14(16,17)18/h2-7H,8H2,1H3/b6-5+. The Kier molecular flexibility index (Phi) is 4.18. The van der Waals surface area contributed by atoms with Gasteiger partial charge in [-0.05, 0) is 30.7 Å². The highest BCUT2D eigenvalue weighted by Gasteiger charge is 2.30. The van der Waals surface area contributed by atoms with E-state index < -0.39 is 11.7 Å². The molecule has 20 heavy (non-hydrogen) atoms. The molecule has 0 radical (unpaired) electrons. The minimum absolute atomic E-state index is 0.229. The van der Waals surface area contributed by atoms with E-state index in [2.05, 4.69) is 4.98 Å². The molecular weight excluding hydrogens is 291 g/mol. The van der Waals surface area contributed by atoms with Crippen LogP contribution < -0.4 is 0 Å². The van der Waals surface area contributed by atoms with Crippen molar-refractivity contribution in [2.24, 2.45) is 0 Å². The van der Waals surface area contributed by atoms with Crippen LogP contribution >= 0.6 is 11.6 Å². The van der Waals surface area contributed by atoms with E-state index in [0.29, 0.717) is 22.9 Å². The van der Waals surface area contributed by atoms with Crippen molar-refractivity contribution in [1.82, 2.24) is 4.98 Å². The van der Waals surface area contributed by atoms with Crippen molar-refractivity contribution in [3.05, 3.63) is 52.7 Å². The van der Waals surface area contributed by atoms with Crippen molar-refractivity contribution in [3.8, 4) is 0 Å². The number of nitrogens with zero attached hydrogens (tertiary/aromatic N) is 1. The first kappa shape index (κ1) is 14.7. The van der Waals surface area contributed by atoms with Crippen LogP contribution in [0.25, 0.3) is 12.2 Å². The molecule has 1 aromatic carbocycles. The van der Waals surface area contributed by atoms with Gasteiger partial charge in [-0.25, -0.2) is 4.98 Å². The minimum Gasteiger partial charge on any atom is -0.442 e. The lowest BCUT2D eigenvalue weighted by Gasteiger charge is -2.06. The first-order valence-corrected chi connectivity index (χ1v) is 6.31. The maximum atomic E-state index is 12.6. The van der Waals surface area contributed by atoms with Gasteiger partial charge >= 0.3 is 6.18 Å². The number of oxazole rings is 1. The lowest BCUT2D eigenvalue weighted by atomic mass is 10.1. The molecular formula is C14H11ClF3NO. The van der Waals surface area contributed by atoms with Gasteiger partial charge in [0.2, 0.25) is 5.89 Å². The van der Waals surface area contributed by atoms with Gasteiger partial charge < -0.3 is 4.42 Å². The predicted octanol–water partition coefficient (Wildman–Crippen LogP) is 4.91. The number of rotatable bonds is 3. The van der Waals surface area contributed by atoms with E-state index in [1.165, 1.54) is 18.2 Å². The van der Waals surface area contributed by atoms with Crippen LogP contribution in [0.2, 0.25) is 0 Å². The van der Waals surface area contributed by atoms with Crippen molar-refractivity contribution < 1.29 is 17.6 Å². The number of alkyl halides is 4. The molecule has 0 amide bonds. The van der Waals surface area contributed by atoms with Gasteiger partial charge in [-0.3, -0.25) is 0 Å². The Morgan fingerprint density at radius 1 is 1.30 bits per heavy atom. The smallest absolute Gasteiger partial charge is 0.416 e. The number of benzene rings is 1. The van der Waals surface area contributed by atoms with E-state index in [1.54, 1.807) is 13.0 Å². The number of hydrogen-bond donors (Lipinski definition) is 0. The predicted molar refractivity (Wildman–Crippen MR) is 71.2 cm³/mol. The van der Waals surface area contributed by atoms with Gasteiger partial charge in [0, 0.05) is 6.08 Å². The highest BCUT2D eigenvalue weighted by Crippen LogP contribution is 2.29. The third kappa shape index (κ3) is 3.42. The fourth-order valence-electron chi connectivity index (χ4n) is 1.63. The molecule has 0 atom stereocenters. The fraction of sp³-hybridized carbons (Fsp3) is 0.214. The summed E-state index contributed by atoms with van der Waals surface area (Å²) < 4.78 is 43.0. The Balaban J connectivity index is 2.23. The van der Waals surface area contributed by atoms with Gasteiger partial charge in [-0.15, -0.1) is 11.6 Å². The summed E-state index contributed by atoms with van der Waals surface area (Å²) in [4.78, 5) is 4.11. The van der Waals surface area contributed by atoms with Crippen molar-refractivity contribution in [3.63, 3.8) is 0 Å². The average molecular weight is 302 g/mol. The molecule has 0 aliphatic carbocycles. The Labute approximate surface area is 118 Å². The van der Waals surface area contributed by atoms with Crippen LogP contribution in [0.4, 0.5) is 13.2 Å². The first-order chi connectivity index (χ1) is 9.40. The molecule has 2 rings (SSSR count). The molecule has 0 saturated heterocycles. The van der Waals surface area contributed by atoms with Gasteiger partial charge in [0.15, 0.2) is 0 Å². The van der Waals surface area contributed by atoms with Gasteiger partial charge in [-0.1, -0.05) is 12.1 Å². The van der Waals surface area contributed by atoms with Crippen molar-refractivity contribution in [2.45, 2.75) is 19.0 Å². The lowest BCUT2D eigenvalue weighted by Crippen LogP contribution is -2.04. The normalized spacial score (nSPS) is 12.2. The Morgan fingerprint density at radius 3 is 2.65 bits per heavy atom. The second-order valence-electron chi connectivity index (χ2n) is 4.15. The molecule has 0 saturated carbocycles. The average Bonchev–Trinajstić information content (AvgIpc) is 2.76. The van der Waals surface area contributed by atoms with Crippen LogP contribution in [0.15, 0.2) is 28.7 Å². The Hall–Kier alpha value is -1.75. The highest BCUT2D eigenvalue weighted by molar-refractivity contribution is 6.16. The van der Waals surface area contributed by atoms with Crippen LogP contribution in [-0.4, -0.2) is 4.98 Å². The topological polar surface area (TPSA) is 26.0 Å². The molecule has 106 valence electrons. The first-order valence-electron chi connectivity index (χ1n) is 5.78. The van der Waals surface area contributed by atoms with E-state index in [9.17, 15) is 13.2 Å². The second-order valence-corrected chi connectivity index (χ2v) is 4.41. The zero-order valence-electron chi connectivity index (χ0n) is 10.5. The van der Waals surface area contributed by atoms with E-state index >= 15 is 0 Å². The summed E-state index contributed by atoms with van der Waals surface area (Å²) >= 11 is 5.66. The largest absolute Gasteiger partial charge is 0.442 e. The van der Waals surface area contributed by atoms with Gasteiger partial charge in [-0.2, -0.15) is 13.2 Å². The molecule has 0 aliphatic rings. The van der Waals surface area contributed by atoms with E-state index in [1.807, 2.05) is 0 Å². The molecule has 0 bridgehead atoms. The monoisotopic (exact) mass is 301 g/mol. The van der Waals surface area contributed by atoms with E-state index in [0.717, 1.165) is 12.1 Å². The highest BCUT2D eigenvalue weighted by atomic mass is 35.5. The van der Waals surface area contributed by atoms with E-state index in [4.69, 9.17) is 16.0 Å². The lowest BCUT2D eigenvalue weighted by molar-refractivity contribution is -0.137. The molecule has 6 heteroatoms. The van der Waals surface area contributed by atoms with Gasteiger partial charge in [0.1, 0.15) is 5.76 Å². The third-order valence-corrected chi connectivity index (χ3v) is 2.92. The summed E-state index contributed by atoms with van der Waals surface area (Å²) in [5.41, 5.74) is 0.350. The van der Waals surface area contributed by atoms with Crippen molar-refractivity contribution in [1.29, 1.82) is 0 Å². The van der Waals surface area contributed by atoms with Crippen LogP contribution in [-0.2, 0) is 12.1 Å². The summed E-state index contributed by atoms with van der Waals surface area (Å²) in [6.45, 7) is 1.73. The zero-order chi connectivity index (χ0) is 14.8. The number of hydrogen-bond acceptors (Lipinski definition) is 2. The molecule has 2 aromatic rings. The Bertz CT molecular complexity index is 632. The fourth-order valence-corrected chi connectivity index (χ4v) is 1.88. The molecule has 0 aliphatic heterocycles. The summed E-state index contributed by atoms with van der Waals surface area (Å²) in [6.07, 6.45) is -1.33. The molecule has 0 fully saturated rings. The van der Waals surface area contributed by atoms with Crippen molar-refractivity contribution >= 4 is 23.8 Å². The number of aromatic nitrogens is 1. The number of halogens is 4. The quantitative estimate of drug-likeness (QED) is 0.753. The SMILES string of the molecule is Cc1oc(/C=C/c2cccc(C(F)(F)F)c2)nc1CCl. The molecule has 1 heterocycles. The van der Waals surface area contributed by atoms with Crippen LogP contribution in [0.1, 0.15) is 28.5 Å². The molecule has 0 N–H and O–H groups in total. The van der Waals surface area contributed by atoms with Crippen LogP contribution in [0, 0.1) is 6.92 Å². The maximum absolute atomic E-state index is 12.6. The minimum atomic E-state index is -4.35. The van der Waals surface area contributed by atoms with Gasteiger partial charge in [0.25, 0.3) is 0 Å². The second kappa shape index (κ2) is 5.71. The zero-order valence-corrected chi connectivity index (χ0v) is 11.3. The summed E-state index contributed by atoms with van der Waals surface area (Å²) in [5.74, 6) is 1.14. The van der Waals surface area contributed by atoms with Gasteiger partial charge in [0.05, 0.1) is 17.1 Å².